The van der Waals surface area contributed by atoms with Crippen molar-refractivity contribution in [1.82, 2.24) is 5.32 Å². The molecule has 2 nitrogen and oxygen atoms in total. The second-order valence-corrected chi connectivity index (χ2v) is 13.0. The number of amides is 1. The number of fused-ring (bicyclic) bond motifs is 3. The van der Waals surface area contributed by atoms with Crippen LogP contribution in [0, 0.1) is 11.3 Å². The Morgan fingerprint density at radius 2 is 1.12 bits per heavy atom. The highest BCUT2D eigenvalue weighted by molar-refractivity contribution is 6.74. The smallest absolute Gasteiger partial charge is 0.237 e. The van der Waals surface area contributed by atoms with Crippen LogP contribution in [0.3, 0.4) is 0 Å². The Labute approximate surface area is 207 Å². The van der Waals surface area contributed by atoms with Gasteiger partial charge in [0, 0.05) is 5.54 Å². The molecule has 0 aromatic heterocycles. The Kier molecular flexibility index (Phi) is 9.75. The molecule has 186 valence electrons. The second-order valence-electron chi connectivity index (χ2n) is 13.0. The average Bonchev–Trinajstić information content (AvgIpc) is 2.96. The maximum absolute atomic E-state index is 13.2. The maximum atomic E-state index is 13.2. The summed E-state index contributed by atoms with van der Waals surface area (Å²) < 4.78 is 0. The van der Waals surface area contributed by atoms with E-state index in [9.17, 15) is 4.79 Å². The number of hydrogen-bond donors (Lipinski definition) is 1. The summed E-state index contributed by atoms with van der Waals surface area (Å²) in [5, 5.41) is 3.66. The van der Waals surface area contributed by atoms with Crippen molar-refractivity contribution in [3.8, 4) is 0 Å². The Bertz CT molecular complexity index is 574. The summed E-state index contributed by atoms with van der Waals surface area (Å²) >= 11 is 0. The van der Waals surface area contributed by atoms with Gasteiger partial charge in [-0.3, -0.25) is 4.79 Å². The summed E-state index contributed by atoms with van der Waals surface area (Å²) in [5.41, 5.74) is 0.773. The van der Waals surface area contributed by atoms with Crippen LogP contribution in [0.1, 0.15) is 141 Å². The van der Waals surface area contributed by atoms with E-state index < -0.39 is 0 Å². The molecule has 2 bridgehead atoms. The van der Waals surface area contributed by atoms with Gasteiger partial charge in [0.1, 0.15) is 7.28 Å². The number of carbonyl (C=O) groups excluding carboxylic acids is 1. The van der Waals surface area contributed by atoms with Crippen LogP contribution >= 0.6 is 0 Å². The molecule has 0 heterocycles. The van der Waals surface area contributed by atoms with Gasteiger partial charge in [0.2, 0.25) is 7.28 Å². The Hall–Kier alpha value is -0.400. The predicted molar refractivity (Wildman–Crippen MR) is 146 cm³/mol. The van der Waals surface area contributed by atoms with E-state index in [1.54, 1.807) is 0 Å². The van der Waals surface area contributed by atoms with E-state index in [2.05, 4.69) is 12.1 Å². The van der Waals surface area contributed by atoms with Crippen molar-refractivity contribution in [2.24, 2.45) is 11.3 Å². The fourth-order valence-corrected chi connectivity index (χ4v) is 8.51. The topological polar surface area (TPSA) is 29.1 Å². The SMILES string of the molecule is CBC1CCCCC(C23CCC(NC(=O)BC4CCCCCCCCC4)(CC2)CC3)CCC1. The average molecular weight is 453 g/mol. The third-order valence-corrected chi connectivity index (χ3v) is 10.9. The van der Waals surface area contributed by atoms with Crippen LogP contribution < -0.4 is 5.32 Å². The zero-order chi connectivity index (χ0) is 23.0. The molecule has 5 fully saturated rings. The van der Waals surface area contributed by atoms with Crippen molar-refractivity contribution in [1.29, 1.82) is 0 Å². The molecule has 0 aliphatic heterocycles. The monoisotopic (exact) mass is 453 g/mol. The van der Waals surface area contributed by atoms with Gasteiger partial charge >= 0.3 is 0 Å². The molecule has 4 heteroatoms. The predicted octanol–water partition coefficient (Wildman–Crippen LogP) is 8.17. The molecular weight excluding hydrogens is 400 g/mol. The third-order valence-electron chi connectivity index (χ3n) is 10.9. The van der Waals surface area contributed by atoms with E-state index in [1.165, 1.54) is 149 Å². The Morgan fingerprint density at radius 3 is 1.76 bits per heavy atom. The minimum absolute atomic E-state index is 0.153. The van der Waals surface area contributed by atoms with E-state index in [-0.39, 0.29) is 5.54 Å². The van der Waals surface area contributed by atoms with Crippen molar-refractivity contribution in [3.05, 3.63) is 0 Å². The van der Waals surface area contributed by atoms with Gasteiger partial charge in [-0.2, -0.15) is 0 Å². The molecule has 1 amide bonds. The van der Waals surface area contributed by atoms with Crippen LogP contribution in [0.4, 0.5) is 4.79 Å². The molecular formula is C29H53B2NO. The van der Waals surface area contributed by atoms with E-state index in [0.717, 1.165) is 19.0 Å². The van der Waals surface area contributed by atoms with Gasteiger partial charge in [-0.05, 0) is 62.7 Å². The summed E-state index contributed by atoms with van der Waals surface area (Å²) in [4.78, 5) is 13.2. The number of carbonyl (C=O) groups is 1. The molecule has 5 aliphatic carbocycles. The first kappa shape index (κ1) is 25.7. The molecule has 0 radical (unpaired) electrons. The van der Waals surface area contributed by atoms with Gasteiger partial charge in [-0.25, -0.2) is 0 Å². The van der Waals surface area contributed by atoms with Gasteiger partial charge in [0.25, 0.3) is 0 Å². The summed E-state index contributed by atoms with van der Waals surface area (Å²) in [6, 6.07) is 0. The van der Waals surface area contributed by atoms with Gasteiger partial charge < -0.3 is 5.32 Å². The summed E-state index contributed by atoms with van der Waals surface area (Å²) in [7, 11) is 2.19. The Balaban J connectivity index is 1.27. The lowest BCUT2D eigenvalue weighted by atomic mass is 9.51. The molecule has 5 saturated carbocycles. The van der Waals surface area contributed by atoms with Crippen LogP contribution in [0.2, 0.25) is 18.5 Å². The molecule has 0 aromatic carbocycles. The largest absolute Gasteiger partial charge is 0.360 e. The van der Waals surface area contributed by atoms with Crippen molar-refractivity contribution >= 4 is 20.4 Å². The number of rotatable bonds is 5. The first-order valence-corrected chi connectivity index (χ1v) is 15.4. The Morgan fingerprint density at radius 1 is 0.636 bits per heavy atom. The van der Waals surface area contributed by atoms with Crippen LogP contribution in [0.25, 0.3) is 0 Å². The van der Waals surface area contributed by atoms with E-state index in [1.807, 2.05) is 0 Å². The maximum Gasteiger partial charge on any atom is 0.237 e. The highest BCUT2D eigenvalue weighted by Crippen LogP contribution is 2.58. The summed E-state index contributed by atoms with van der Waals surface area (Å²) in [5.74, 6) is 2.98. The fourth-order valence-electron chi connectivity index (χ4n) is 8.51. The van der Waals surface area contributed by atoms with Crippen molar-refractivity contribution in [2.45, 2.75) is 165 Å². The molecule has 33 heavy (non-hydrogen) atoms. The molecule has 0 spiro atoms. The van der Waals surface area contributed by atoms with Crippen LogP contribution in [-0.4, -0.2) is 25.9 Å². The number of hydrogen-bond acceptors (Lipinski definition) is 1. The van der Waals surface area contributed by atoms with Crippen LogP contribution in [-0.2, 0) is 0 Å². The van der Waals surface area contributed by atoms with Gasteiger partial charge in [0.05, 0.1) is 0 Å². The van der Waals surface area contributed by atoms with Crippen LogP contribution in [0.15, 0.2) is 0 Å². The first-order valence-electron chi connectivity index (χ1n) is 15.4. The molecule has 1 N–H and O–H groups in total. The lowest BCUT2D eigenvalue weighted by Crippen LogP contribution is -2.58. The molecule has 0 saturated heterocycles. The standard InChI is InChI=1S/C29H53B2NO/c1-30-25-14-10-9-12-24(13-11-17-25)28-18-21-29(22-19-28,23-20-28)32-27(33)31-26-15-7-5-3-2-4-6-8-16-26/h24-26,30-31H,2-23H2,1H3,(H,32,33). The zero-order valence-corrected chi connectivity index (χ0v) is 22.1. The van der Waals surface area contributed by atoms with Gasteiger partial charge in [-0.1, -0.05) is 108 Å². The lowest BCUT2D eigenvalue weighted by molar-refractivity contribution is -0.0229. The second kappa shape index (κ2) is 12.5. The minimum Gasteiger partial charge on any atom is -0.360 e. The number of nitrogens with one attached hydrogen (secondary N) is 1. The van der Waals surface area contributed by atoms with Gasteiger partial charge in [0.15, 0.2) is 5.81 Å². The molecule has 0 aromatic rings. The molecule has 5 aliphatic rings. The van der Waals surface area contributed by atoms with Crippen molar-refractivity contribution in [3.63, 3.8) is 0 Å². The highest BCUT2D eigenvalue weighted by atomic mass is 16.1. The normalized spacial score (nSPS) is 37.2. The van der Waals surface area contributed by atoms with Crippen LogP contribution in [0.5, 0.6) is 0 Å². The van der Waals surface area contributed by atoms with Crippen molar-refractivity contribution in [2.75, 3.05) is 0 Å². The lowest BCUT2D eigenvalue weighted by Gasteiger charge is -2.57. The van der Waals surface area contributed by atoms with E-state index in [4.69, 9.17) is 0 Å². The van der Waals surface area contributed by atoms with Crippen molar-refractivity contribution < 1.29 is 4.79 Å². The molecule has 2 unspecified atom stereocenters. The fraction of sp³-hybridized carbons (Fsp3) is 0.966. The summed E-state index contributed by atoms with van der Waals surface area (Å²) in [6.45, 7) is 2.40. The minimum atomic E-state index is 0.153. The molecule has 5 rings (SSSR count). The third kappa shape index (κ3) is 7.07. The first-order chi connectivity index (χ1) is 16.1. The zero-order valence-electron chi connectivity index (χ0n) is 22.1. The van der Waals surface area contributed by atoms with E-state index in [0.29, 0.717) is 17.0 Å². The van der Waals surface area contributed by atoms with E-state index >= 15 is 0 Å². The van der Waals surface area contributed by atoms with Gasteiger partial charge in [-0.15, -0.1) is 0 Å². The highest BCUT2D eigenvalue weighted by Gasteiger charge is 2.51. The summed E-state index contributed by atoms with van der Waals surface area (Å²) in [6.07, 6.45) is 30.5. The molecule has 2 atom stereocenters. The quantitative estimate of drug-likeness (QED) is 0.418.